The first-order valence-electron chi connectivity index (χ1n) is 8.51. The molecule has 0 aromatic carbocycles. The zero-order valence-electron chi connectivity index (χ0n) is 13.5. The van der Waals surface area contributed by atoms with Crippen molar-refractivity contribution >= 4 is 0 Å². The van der Waals surface area contributed by atoms with Crippen LogP contribution in [0.4, 0.5) is 0 Å². The Labute approximate surface area is 130 Å². The Kier molecular flexibility index (Phi) is 6.65. The van der Waals surface area contributed by atoms with Crippen molar-refractivity contribution in [3.63, 3.8) is 0 Å². The van der Waals surface area contributed by atoms with Crippen molar-refractivity contribution in [2.45, 2.75) is 71.1 Å². The van der Waals surface area contributed by atoms with Crippen LogP contribution in [0.3, 0.4) is 0 Å². The minimum atomic E-state index is 0.919. The second-order valence-electron chi connectivity index (χ2n) is 6.39. The zero-order valence-corrected chi connectivity index (χ0v) is 13.5. The van der Waals surface area contributed by atoms with Crippen molar-refractivity contribution in [1.82, 2.24) is 0 Å². The predicted molar refractivity (Wildman–Crippen MR) is 91.2 cm³/mol. The molecule has 0 heteroatoms. The number of unbranched alkanes of at least 4 members (excludes halogenated alkanes) is 3. The monoisotopic (exact) mass is 280 g/mol. The van der Waals surface area contributed by atoms with E-state index in [2.05, 4.69) is 36.8 Å². The highest BCUT2D eigenvalue weighted by Crippen LogP contribution is 2.36. The minimum absolute atomic E-state index is 0.919. The van der Waals surface area contributed by atoms with Crippen molar-refractivity contribution in [1.29, 1.82) is 0 Å². The van der Waals surface area contributed by atoms with Crippen LogP contribution in [-0.4, -0.2) is 0 Å². The van der Waals surface area contributed by atoms with Crippen LogP contribution in [0.5, 0.6) is 0 Å². The van der Waals surface area contributed by atoms with E-state index in [1.165, 1.54) is 75.4 Å². The van der Waals surface area contributed by atoms with Crippen LogP contribution in [0, 0.1) is 5.92 Å². The van der Waals surface area contributed by atoms with E-state index < -0.39 is 0 Å². The van der Waals surface area contributed by atoms with Crippen LogP contribution in [0.15, 0.2) is 52.6 Å². The summed E-state index contributed by atoms with van der Waals surface area (Å²) in [5, 5.41) is 0. The molecule has 0 atom stereocenters. The van der Waals surface area contributed by atoms with E-state index in [9.17, 15) is 0 Å². The third-order valence-electron chi connectivity index (χ3n) is 4.62. The summed E-state index contributed by atoms with van der Waals surface area (Å²) in [5.74, 6) is 0.919. The van der Waals surface area contributed by atoms with Gasteiger partial charge in [-0.2, -0.15) is 0 Å². The molecule has 0 amide bonds. The highest BCUT2D eigenvalue weighted by molar-refractivity contribution is 5.22. The van der Waals surface area contributed by atoms with Gasteiger partial charge in [0.25, 0.3) is 0 Å². The Morgan fingerprint density at radius 3 is 2.76 bits per heavy atom. The van der Waals surface area contributed by atoms with Crippen LogP contribution in [0.1, 0.15) is 71.1 Å². The zero-order chi connectivity index (χ0) is 14.9. The van der Waals surface area contributed by atoms with Gasteiger partial charge in [0.1, 0.15) is 0 Å². The molecule has 0 aromatic heterocycles. The van der Waals surface area contributed by atoms with Gasteiger partial charge in [0.2, 0.25) is 0 Å². The SMILES string of the molecule is C=C=C=C1CC(CCCCC/C=C2\CCC(=C=CC)C2)C1. The summed E-state index contributed by atoms with van der Waals surface area (Å²) in [4.78, 5) is 0. The van der Waals surface area contributed by atoms with Gasteiger partial charge in [-0.15, -0.1) is 5.73 Å². The molecule has 2 rings (SSSR count). The van der Waals surface area contributed by atoms with E-state index in [0.717, 1.165) is 5.92 Å². The Hall–Kier alpha value is -1.44. The van der Waals surface area contributed by atoms with E-state index in [1.54, 1.807) is 5.57 Å². The molecule has 0 N–H and O–H groups in total. The van der Waals surface area contributed by atoms with Gasteiger partial charge in [0.15, 0.2) is 0 Å². The minimum Gasteiger partial charge on any atom is -0.126 e. The maximum absolute atomic E-state index is 3.58. The fraction of sp³-hybridized carbons (Fsp3) is 0.571. The maximum Gasteiger partial charge on any atom is -0.00321 e. The van der Waals surface area contributed by atoms with Crippen LogP contribution in [0.25, 0.3) is 0 Å². The molecular weight excluding hydrogens is 252 g/mol. The van der Waals surface area contributed by atoms with E-state index in [4.69, 9.17) is 0 Å². The van der Waals surface area contributed by atoms with E-state index in [-0.39, 0.29) is 0 Å². The summed E-state index contributed by atoms with van der Waals surface area (Å²) in [7, 11) is 0. The largest absolute Gasteiger partial charge is 0.126 e. The van der Waals surface area contributed by atoms with Gasteiger partial charge < -0.3 is 0 Å². The van der Waals surface area contributed by atoms with E-state index in [0.29, 0.717) is 0 Å². The molecule has 2 aliphatic carbocycles. The second kappa shape index (κ2) is 8.76. The standard InChI is InChI=1S/C21H28/c1-3-9-18-13-14-19(15-18)11-7-5-6-8-12-21-16-20(17-21)10-4-2/h3,11,21H,2,5-8,12-17H2,1H3/b19-11+. The molecule has 0 radical (unpaired) electrons. The lowest BCUT2D eigenvalue weighted by Crippen LogP contribution is -2.13. The van der Waals surface area contributed by atoms with E-state index in [1.807, 2.05) is 6.08 Å². The second-order valence-corrected chi connectivity index (χ2v) is 6.39. The quantitative estimate of drug-likeness (QED) is 0.299. The molecule has 112 valence electrons. The fourth-order valence-corrected chi connectivity index (χ4v) is 3.39. The van der Waals surface area contributed by atoms with Crippen molar-refractivity contribution in [2.75, 3.05) is 0 Å². The molecule has 0 spiro atoms. The lowest BCUT2D eigenvalue weighted by molar-refractivity contribution is 0.373. The normalized spacial score (nSPS) is 22.5. The molecule has 0 heterocycles. The lowest BCUT2D eigenvalue weighted by Gasteiger charge is -2.27. The number of rotatable bonds is 6. The average molecular weight is 280 g/mol. The molecule has 2 aliphatic rings. The predicted octanol–water partition coefficient (Wildman–Crippen LogP) is 6.43. The van der Waals surface area contributed by atoms with Crippen LogP contribution >= 0.6 is 0 Å². The van der Waals surface area contributed by atoms with Gasteiger partial charge in [-0.25, -0.2) is 0 Å². The summed E-state index contributed by atoms with van der Waals surface area (Å²) >= 11 is 0. The van der Waals surface area contributed by atoms with Crippen molar-refractivity contribution in [3.05, 3.63) is 52.6 Å². The molecule has 0 aliphatic heterocycles. The van der Waals surface area contributed by atoms with Gasteiger partial charge in [0.05, 0.1) is 0 Å². The number of allylic oxidation sites excluding steroid dienone is 4. The summed E-state index contributed by atoms with van der Waals surface area (Å²) in [6.07, 6.45) is 17.5. The Morgan fingerprint density at radius 1 is 1.14 bits per heavy atom. The topological polar surface area (TPSA) is 0 Å². The molecule has 0 saturated heterocycles. The van der Waals surface area contributed by atoms with Gasteiger partial charge in [-0.3, -0.25) is 0 Å². The highest BCUT2D eigenvalue weighted by Gasteiger charge is 2.21. The molecule has 2 saturated carbocycles. The Morgan fingerprint density at radius 2 is 2.00 bits per heavy atom. The third kappa shape index (κ3) is 5.45. The van der Waals surface area contributed by atoms with Crippen LogP contribution < -0.4 is 0 Å². The highest BCUT2D eigenvalue weighted by atomic mass is 14.3. The third-order valence-corrected chi connectivity index (χ3v) is 4.62. The first kappa shape index (κ1) is 15.9. The Bertz CT molecular complexity index is 516. The van der Waals surface area contributed by atoms with Crippen LogP contribution in [0.2, 0.25) is 0 Å². The fourth-order valence-electron chi connectivity index (χ4n) is 3.39. The Balaban J connectivity index is 1.52. The molecular formula is C21H28. The number of hydrogen-bond donors (Lipinski definition) is 0. The molecule has 0 unspecified atom stereocenters. The van der Waals surface area contributed by atoms with Crippen molar-refractivity contribution in [3.8, 4) is 0 Å². The maximum atomic E-state index is 3.58. The number of hydrogen-bond acceptors (Lipinski definition) is 0. The first-order chi connectivity index (χ1) is 10.3. The smallest absolute Gasteiger partial charge is 0.00321 e. The van der Waals surface area contributed by atoms with Gasteiger partial charge in [-0.05, 0) is 88.0 Å². The summed E-state index contributed by atoms with van der Waals surface area (Å²) < 4.78 is 0. The summed E-state index contributed by atoms with van der Waals surface area (Å²) in [6, 6.07) is 0. The molecule has 0 bridgehead atoms. The molecule has 0 nitrogen and oxygen atoms in total. The molecule has 2 fully saturated rings. The summed E-state index contributed by atoms with van der Waals surface area (Å²) in [5.41, 5.74) is 13.8. The molecule has 21 heavy (non-hydrogen) atoms. The average Bonchev–Trinajstić information content (AvgIpc) is 2.87. The molecule has 0 aromatic rings. The first-order valence-corrected chi connectivity index (χ1v) is 8.51. The van der Waals surface area contributed by atoms with Crippen molar-refractivity contribution < 1.29 is 0 Å². The van der Waals surface area contributed by atoms with Crippen molar-refractivity contribution in [2.24, 2.45) is 5.92 Å². The van der Waals surface area contributed by atoms with Gasteiger partial charge >= 0.3 is 0 Å². The summed E-state index contributed by atoms with van der Waals surface area (Å²) in [6.45, 7) is 5.64. The van der Waals surface area contributed by atoms with Crippen LogP contribution in [-0.2, 0) is 0 Å². The van der Waals surface area contributed by atoms with E-state index >= 15 is 0 Å². The lowest BCUT2D eigenvalue weighted by atomic mass is 9.77. The van der Waals surface area contributed by atoms with Gasteiger partial charge in [0, 0.05) is 0 Å². The van der Waals surface area contributed by atoms with Gasteiger partial charge in [-0.1, -0.05) is 36.0 Å².